The van der Waals surface area contributed by atoms with Gasteiger partial charge in [-0.25, -0.2) is 9.97 Å². The van der Waals surface area contributed by atoms with Crippen molar-refractivity contribution in [2.24, 2.45) is 5.73 Å². The molecule has 2 heterocycles. The highest BCUT2D eigenvalue weighted by Crippen LogP contribution is 2.29. The predicted octanol–water partition coefficient (Wildman–Crippen LogP) is 2.86. The number of nitrogens with two attached hydrogens (primary N) is 1. The van der Waals surface area contributed by atoms with Crippen molar-refractivity contribution in [3.05, 3.63) is 35.1 Å². The van der Waals surface area contributed by atoms with E-state index < -0.39 is 5.91 Å². The molecule has 0 spiro atoms. The van der Waals surface area contributed by atoms with Crippen LogP contribution in [0, 0.1) is 0 Å². The fraction of sp³-hybridized carbons (Fsp3) is 0.455. The number of amides is 1. The molecule has 10 heteroatoms. The lowest BCUT2D eigenvalue weighted by Crippen LogP contribution is -2.33. The Balaban J connectivity index is 1.51. The minimum absolute atomic E-state index is 0.0433. The van der Waals surface area contributed by atoms with Gasteiger partial charge in [0, 0.05) is 43.3 Å². The van der Waals surface area contributed by atoms with E-state index in [9.17, 15) is 14.7 Å². The second-order valence-electron chi connectivity index (χ2n) is 8.27. The number of halogens is 1. The smallest absolute Gasteiger partial charge is 0.271 e. The highest BCUT2D eigenvalue weighted by Gasteiger charge is 2.23. The third kappa shape index (κ3) is 5.28. The SMILES string of the molecule is NC(=O)c1nc(Cl)c(NC2CCC(O)CC2)nc1Nc1ccc(N2CCC(=O)CC2)cc1. The summed E-state index contributed by atoms with van der Waals surface area (Å²) >= 11 is 6.26. The van der Waals surface area contributed by atoms with Gasteiger partial charge in [0.1, 0.15) is 5.78 Å². The molecule has 1 amide bonds. The first kappa shape index (κ1) is 22.3. The van der Waals surface area contributed by atoms with Gasteiger partial charge in [-0.3, -0.25) is 9.59 Å². The molecule has 2 fully saturated rings. The quantitative estimate of drug-likeness (QED) is 0.519. The number of aromatic nitrogens is 2. The number of carbonyl (C=O) groups excluding carboxylic acids is 2. The monoisotopic (exact) mass is 458 g/mol. The number of aliphatic hydroxyl groups is 1. The molecule has 1 aliphatic carbocycles. The predicted molar refractivity (Wildman–Crippen MR) is 124 cm³/mol. The summed E-state index contributed by atoms with van der Waals surface area (Å²) in [7, 11) is 0. The maximum atomic E-state index is 11.9. The summed E-state index contributed by atoms with van der Waals surface area (Å²) in [4.78, 5) is 34.2. The summed E-state index contributed by atoms with van der Waals surface area (Å²) < 4.78 is 0. The lowest BCUT2D eigenvalue weighted by molar-refractivity contribution is -0.119. The largest absolute Gasteiger partial charge is 0.393 e. The first-order valence-corrected chi connectivity index (χ1v) is 11.2. The van der Waals surface area contributed by atoms with E-state index >= 15 is 0 Å². The minimum atomic E-state index is -0.733. The van der Waals surface area contributed by atoms with Crippen molar-refractivity contribution in [1.29, 1.82) is 0 Å². The van der Waals surface area contributed by atoms with Crippen LogP contribution in [-0.4, -0.2) is 52.0 Å². The normalized spacial score (nSPS) is 21.3. The molecular weight excluding hydrogens is 432 g/mol. The van der Waals surface area contributed by atoms with Gasteiger partial charge in [0.05, 0.1) is 6.10 Å². The molecule has 0 bridgehead atoms. The van der Waals surface area contributed by atoms with Gasteiger partial charge in [-0.15, -0.1) is 0 Å². The zero-order chi connectivity index (χ0) is 22.7. The summed E-state index contributed by atoms with van der Waals surface area (Å²) in [6.45, 7) is 1.43. The number of ketones is 1. The van der Waals surface area contributed by atoms with E-state index in [-0.39, 0.29) is 28.8 Å². The molecule has 1 aromatic heterocycles. The van der Waals surface area contributed by atoms with Crippen molar-refractivity contribution >= 4 is 46.3 Å². The van der Waals surface area contributed by atoms with E-state index in [0.29, 0.717) is 56.1 Å². The number of hydrogen-bond donors (Lipinski definition) is 4. The average molecular weight is 459 g/mol. The molecule has 5 N–H and O–H groups in total. The molecular formula is C22H27ClN6O3. The Kier molecular flexibility index (Phi) is 6.76. The Labute approximate surface area is 191 Å². The molecule has 2 aliphatic rings. The molecule has 32 heavy (non-hydrogen) atoms. The van der Waals surface area contributed by atoms with E-state index in [0.717, 1.165) is 18.5 Å². The van der Waals surface area contributed by atoms with Crippen molar-refractivity contribution in [1.82, 2.24) is 9.97 Å². The highest BCUT2D eigenvalue weighted by molar-refractivity contribution is 6.32. The van der Waals surface area contributed by atoms with Crippen LogP contribution in [0.15, 0.2) is 24.3 Å². The van der Waals surface area contributed by atoms with Crippen molar-refractivity contribution in [3.8, 4) is 0 Å². The first-order valence-electron chi connectivity index (χ1n) is 10.8. The zero-order valence-electron chi connectivity index (χ0n) is 17.7. The van der Waals surface area contributed by atoms with Crippen LogP contribution in [0.4, 0.5) is 23.0 Å². The third-order valence-electron chi connectivity index (χ3n) is 5.94. The molecule has 170 valence electrons. The molecule has 1 aromatic carbocycles. The number of hydrogen-bond acceptors (Lipinski definition) is 8. The number of aliphatic hydroxyl groups excluding tert-OH is 1. The maximum absolute atomic E-state index is 11.9. The average Bonchev–Trinajstić information content (AvgIpc) is 2.78. The van der Waals surface area contributed by atoms with Crippen molar-refractivity contribution in [2.45, 2.75) is 50.7 Å². The summed E-state index contributed by atoms with van der Waals surface area (Å²) in [5.74, 6) is 0.157. The number of anilines is 4. The number of carbonyl (C=O) groups is 2. The number of nitrogens with zero attached hydrogens (tertiary/aromatic N) is 3. The van der Waals surface area contributed by atoms with Gasteiger partial charge in [-0.1, -0.05) is 11.6 Å². The summed E-state index contributed by atoms with van der Waals surface area (Å²) in [6, 6.07) is 7.79. The van der Waals surface area contributed by atoms with E-state index in [1.54, 1.807) is 0 Å². The molecule has 1 aliphatic heterocycles. The molecule has 1 saturated heterocycles. The van der Waals surface area contributed by atoms with Gasteiger partial charge >= 0.3 is 0 Å². The highest BCUT2D eigenvalue weighted by atomic mass is 35.5. The van der Waals surface area contributed by atoms with Gasteiger partial charge in [0.2, 0.25) is 0 Å². The van der Waals surface area contributed by atoms with Gasteiger partial charge in [0.15, 0.2) is 22.5 Å². The number of primary amides is 1. The lowest BCUT2D eigenvalue weighted by atomic mass is 9.93. The minimum Gasteiger partial charge on any atom is -0.393 e. The molecule has 0 atom stereocenters. The Hall–Kier alpha value is -2.91. The Morgan fingerprint density at radius 2 is 1.72 bits per heavy atom. The van der Waals surface area contributed by atoms with Crippen LogP contribution in [0.2, 0.25) is 5.15 Å². The standard InChI is InChI=1S/C22H27ClN6O3/c23-19-22(26-14-3-7-16(30)8-4-14)28-21(18(27-19)20(24)32)25-13-1-5-15(6-2-13)29-11-9-17(31)10-12-29/h1-2,5-6,14,16,30H,3-4,7-12H2,(H2,24,32)(H2,25,26,28). The van der Waals surface area contributed by atoms with Crippen LogP contribution < -0.4 is 21.3 Å². The topological polar surface area (TPSA) is 133 Å². The summed E-state index contributed by atoms with van der Waals surface area (Å²) in [6.07, 6.45) is 3.88. The fourth-order valence-electron chi connectivity index (χ4n) is 4.09. The third-order valence-corrected chi connectivity index (χ3v) is 6.20. The van der Waals surface area contributed by atoms with Gasteiger partial charge < -0.3 is 26.4 Å². The number of benzene rings is 1. The zero-order valence-corrected chi connectivity index (χ0v) is 18.4. The second-order valence-corrected chi connectivity index (χ2v) is 8.63. The van der Waals surface area contributed by atoms with Gasteiger partial charge in [0.25, 0.3) is 5.91 Å². The van der Waals surface area contributed by atoms with E-state index in [1.807, 2.05) is 24.3 Å². The molecule has 0 radical (unpaired) electrons. The summed E-state index contributed by atoms with van der Waals surface area (Å²) in [5, 5.41) is 16.2. The Morgan fingerprint density at radius 3 is 2.34 bits per heavy atom. The van der Waals surface area contributed by atoms with Crippen molar-refractivity contribution in [3.63, 3.8) is 0 Å². The second kappa shape index (κ2) is 9.70. The Bertz CT molecular complexity index is 982. The number of nitrogens with one attached hydrogen (secondary N) is 2. The van der Waals surface area contributed by atoms with Gasteiger partial charge in [-0.2, -0.15) is 0 Å². The van der Waals surface area contributed by atoms with Crippen LogP contribution in [0.25, 0.3) is 0 Å². The molecule has 0 unspecified atom stereocenters. The van der Waals surface area contributed by atoms with Gasteiger partial charge in [-0.05, 0) is 49.9 Å². The maximum Gasteiger partial charge on any atom is 0.271 e. The van der Waals surface area contributed by atoms with Crippen LogP contribution in [0.3, 0.4) is 0 Å². The number of rotatable bonds is 6. The van der Waals surface area contributed by atoms with E-state index in [2.05, 4.69) is 25.5 Å². The van der Waals surface area contributed by atoms with Crippen LogP contribution >= 0.6 is 11.6 Å². The van der Waals surface area contributed by atoms with Crippen molar-refractivity contribution < 1.29 is 14.7 Å². The Morgan fingerprint density at radius 1 is 1.06 bits per heavy atom. The van der Waals surface area contributed by atoms with Crippen LogP contribution in [0.1, 0.15) is 49.0 Å². The summed E-state index contributed by atoms with van der Waals surface area (Å²) in [5.41, 5.74) is 7.20. The van der Waals surface area contributed by atoms with E-state index in [1.165, 1.54) is 0 Å². The van der Waals surface area contributed by atoms with Crippen LogP contribution in [0.5, 0.6) is 0 Å². The molecule has 1 saturated carbocycles. The van der Waals surface area contributed by atoms with Crippen LogP contribution in [-0.2, 0) is 4.79 Å². The lowest BCUT2D eigenvalue weighted by Gasteiger charge is -2.28. The molecule has 2 aromatic rings. The molecule has 9 nitrogen and oxygen atoms in total. The first-order chi connectivity index (χ1) is 15.4. The number of piperidine rings is 1. The van der Waals surface area contributed by atoms with Crippen molar-refractivity contribution in [2.75, 3.05) is 28.6 Å². The fourth-order valence-corrected chi connectivity index (χ4v) is 4.27. The molecule has 4 rings (SSSR count). The number of Topliss-reactive ketones (excluding diaryl/α,β-unsaturated/α-hetero) is 1. The van der Waals surface area contributed by atoms with E-state index in [4.69, 9.17) is 17.3 Å².